The summed E-state index contributed by atoms with van der Waals surface area (Å²) in [4.78, 5) is 8.35. The topological polar surface area (TPSA) is 51.8 Å². The Kier molecular flexibility index (Phi) is 3.62. The molecule has 2 N–H and O–H groups in total. The summed E-state index contributed by atoms with van der Waals surface area (Å²) in [5.74, 6) is -0.701. The second kappa shape index (κ2) is 5.18. The molecule has 0 fully saturated rings. The Labute approximate surface area is 104 Å². The van der Waals surface area contributed by atoms with Gasteiger partial charge in [0.15, 0.2) is 0 Å². The molecule has 1 unspecified atom stereocenters. The molecule has 0 aliphatic rings. The molecule has 0 aliphatic heterocycles. The van der Waals surface area contributed by atoms with E-state index in [2.05, 4.69) is 9.97 Å². The molecule has 0 radical (unpaired) electrons. The molecular weight excluding hydrogens is 236 g/mol. The molecule has 0 spiro atoms. The molecule has 18 heavy (non-hydrogen) atoms. The molecule has 3 nitrogen and oxygen atoms in total. The van der Waals surface area contributed by atoms with E-state index >= 15 is 0 Å². The number of benzene rings is 1. The molecule has 1 atom stereocenters. The third-order valence-electron chi connectivity index (χ3n) is 2.68. The Hall–Kier alpha value is -1.88. The first-order valence-corrected chi connectivity index (χ1v) is 5.60. The lowest BCUT2D eigenvalue weighted by Gasteiger charge is -2.09. The lowest BCUT2D eigenvalue weighted by atomic mass is 10.1. The number of rotatable bonds is 3. The van der Waals surface area contributed by atoms with Gasteiger partial charge in [-0.1, -0.05) is 6.92 Å². The highest BCUT2D eigenvalue weighted by molar-refractivity contribution is 5.59. The second-order valence-corrected chi connectivity index (χ2v) is 4.06. The Balaban J connectivity index is 2.44. The van der Waals surface area contributed by atoms with Crippen molar-refractivity contribution in [3.63, 3.8) is 0 Å². The summed E-state index contributed by atoms with van der Waals surface area (Å²) in [6, 6.07) is 4.99. The highest BCUT2D eigenvalue weighted by Crippen LogP contribution is 2.22. The molecule has 0 aliphatic carbocycles. The zero-order valence-electron chi connectivity index (χ0n) is 9.90. The van der Waals surface area contributed by atoms with Crippen molar-refractivity contribution < 1.29 is 8.78 Å². The van der Waals surface area contributed by atoms with Crippen LogP contribution in [0.2, 0.25) is 0 Å². The first kappa shape index (κ1) is 12.6. The van der Waals surface area contributed by atoms with Gasteiger partial charge in [-0.25, -0.2) is 18.7 Å². The summed E-state index contributed by atoms with van der Waals surface area (Å²) in [7, 11) is 0. The quantitative estimate of drug-likeness (QED) is 0.909. The van der Waals surface area contributed by atoms with Gasteiger partial charge in [0.25, 0.3) is 0 Å². The van der Waals surface area contributed by atoms with E-state index in [4.69, 9.17) is 5.73 Å². The third kappa shape index (κ3) is 2.51. The molecule has 1 aromatic heterocycles. The number of nitrogens with zero attached hydrogens (tertiary/aromatic N) is 2. The van der Waals surface area contributed by atoms with Crippen LogP contribution in [0.15, 0.2) is 30.5 Å². The second-order valence-electron chi connectivity index (χ2n) is 4.06. The minimum absolute atomic E-state index is 0.00606. The van der Waals surface area contributed by atoms with Crippen LogP contribution in [0.4, 0.5) is 8.78 Å². The van der Waals surface area contributed by atoms with Crippen LogP contribution < -0.4 is 5.73 Å². The van der Waals surface area contributed by atoms with E-state index in [1.54, 1.807) is 12.3 Å². The summed E-state index contributed by atoms with van der Waals surface area (Å²) >= 11 is 0. The van der Waals surface area contributed by atoms with E-state index in [0.717, 1.165) is 6.07 Å². The maximum atomic E-state index is 13.6. The zero-order chi connectivity index (χ0) is 13.1. The van der Waals surface area contributed by atoms with Crippen LogP contribution in [0, 0.1) is 11.6 Å². The van der Waals surface area contributed by atoms with Gasteiger partial charge in [0.05, 0.1) is 5.69 Å². The standard InChI is InChI=1S/C13H13F2N3/c1-8(7-16)13-17-5-4-12(18-13)10-3-2-9(14)6-11(10)15/h2-6,8H,7,16H2,1H3. The predicted molar refractivity (Wildman–Crippen MR) is 64.9 cm³/mol. The number of hydrogen-bond acceptors (Lipinski definition) is 3. The summed E-state index contributed by atoms with van der Waals surface area (Å²) in [6.45, 7) is 2.30. The van der Waals surface area contributed by atoms with Crippen LogP contribution in [0.5, 0.6) is 0 Å². The van der Waals surface area contributed by atoms with Crippen molar-refractivity contribution in [1.29, 1.82) is 0 Å². The average molecular weight is 249 g/mol. The van der Waals surface area contributed by atoms with Crippen LogP contribution in [-0.2, 0) is 0 Å². The molecule has 0 amide bonds. The molecule has 1 heterocycles. The fourth-order valence-corrected chi connectivity index (χ4v) is 1.56. The van der Waals surface area contributed by atoms with Crippen molar-refractivity contribution in [1.82, 2.24) is 9.97 Å². The van der Waals surface area contributed by atoms with Gasteiger partial charge < -0.3 is 5.73 Å². The van der Waals surface area contributed by atoms with Crippen LogP contribution >= 0.6 is 0 Å². The molecule has 0 saturated heterocycles. The molecular formula is C13H13F2N3. The number of aromatic nitrogens is 2. The minimum atomic E-state index is -0.639. The van der Waals surface area contributed by atoms with Gasteiger partial charge in [-0.3, -0.25) is 0 Å². The smallest absolute Gasteiger partial charge is 0.135 e. The van der Waals surface area contributed by atoms with Gasteiger partial charge >= 0.3 is 0 Å². The average Bonchev–Trinajstić information content (AvgIpc) is 2.38. The van der Waals surface area contributed by atoms with Gasteiger partial charge in [-0.2, -0.15) is 0 Å². The van der Waals surface area contributed by atoms with E-state index in [1.807, 2.05) is 6.92 Å². The summed E-state index contributed by atoms with van der Waals surface area (Å²) in [6.07, 6.45) is 1.55. The van der Waals surface area contributed by atoms with Crippen molar-refractivity contribution >= 4 is 0 Å². The summed E-state index contributed by atoms with van der Waals surface area (Å²) in [5.41, 5.74) is 6.22. The first-order chi connectivity index (χ1) is 8.61. The Morgan fingerprint density at radius 1 is 1.28 bits per heavy atom. The molecule has 0 bridgehead atoms. The fraction of sp³-hybridized carbons (Fsp3) is 0.231. The lowest BCUT2D eigenvalue weighted by Crippen LogP contribution is -2.12. The molecule has 0 saturated carbocycles. The molecule has 2 rings (SSSR count). The fourth-order valence-electron chi connectivity index (χ4n) is 1.56. The number of nitrogens with two attached hydrogens (primary N) is 1. The van der Waals surface area contributed by atoms with Gasteiger partial charge in [0.2, 0.25) is 0 Å². The van der Waals surface area contributed by atoms with E-state index < -0.39 is 11.6 Å². The van der Waals surface area contributed by atoms with Crippen LogP contribution in [0.1, 0.15) is 18.7 Å². The molecule has 5 heteroatoms. The molecule has 94 valence electrons. The maximum absolute atomic E-state index is 13.6. The summed E-state index contributed by atoms with van der Waals surface area (Å²) < 4.78 is 26.5. The lowest BCUT2D eigenvalue weighted by molar-refractivity contribution is 0.585. The van der Waals surface area contributed by atoms with Crippen molar-refractivity contribution in [2.24, 2.45) is 5.73 Å². The highest BCUT2D eigenvalue weighted by Gasteiger charge is 2.11. The zero-order valence-corrected chi connectivity index (χ0v) is 9.90. The van der Waals surface area contributed by atoms with Crippen LogP contribution in [-0.4, -0.2) is 16.5 Å². The van der Waals surface area contributed by atoms with Crippen molar-refractivity contribution in [2.45, 2.75) is 12.8 Å². The summed E-state index contributed by atoms with van der Waals surface area (Å²) in [5, 5.41) is 0. The Morgan fingerprint density at radius 2 is 2.06 bits per heavy atom. The van der Waals surface area contributed by atoms with E-state index in [9.17, 15) is 8.78 Å². The van der Waals surface area contributed by atoms with Gasteiger partial charge in [-0.15, -0.1) is 0 Å². The Bertz CT molecular complexity index is 558. The maximum Gasteiger partial charge on any atom is 0.135 e. The first-order valence-electron chi connectivity index (χ1n) is 5.60. The molecule has 1 aromatic carbocycles. The SMILES string of the molecule is CC(CN)c1nccc(-c2ccc(F)cc2F)n1. The van der Waals surface area contributed by atoms with Gasteiger partial charge in [-0.05, 0) is 18.2 Å². The van der Waals surface area contributed by atoms with Crippen molar-refractivity contribution in [3.8, 4) is 11.3 Å². The number of hydrogen-bond donors (Lipinski definition) is 1. The normalized spacial score (nSPS) is 12.4. The van der Waals surface area contributed by atoms with E-state index in [-0.39, 0.29) is 11.5 Å². The largest absolute Gasteiger partial charge is 0.330 e. The number of halogens is 2. The van der Waals surface area contributed by atoms with Crippen molar-refractivity contribution in [3.05, 3.63) is 47.9 Å². The Morgan fingerprint density at radius 3 is 2.72 bits per heavy atom. The van der Waals surface area contributed by atoms with Gasteiger partial charge in [0.1, 0.15) is 17.5 Å². The predicted octanol–water partition coefficient (Wildman–Crippen LogP) is 2.48. The van der Waals surface area contributed by atoms with Crippen LogP contribution in [0.3, 0.4) is 0 Å². The highest BCUT2D eigenvalue weighted by atomic mass is 19.1. The minimum Gasteiger partial charge on any atom is -0.330 e. The third-order valence-corrected chi connectivity index (χ3v) is 2.68. The van der Waals surface area contributed by atoms with E-state index in [1.165, 1.54) is 12.1 Å². The van der Waals surface area contributed by atoms with Gasteiger partial charge in [0, 0.05) is 30.3 Å². The van der Waals surface area contributed by atoms with Crippen LogP contribution in [0.25, 0.3) is 11.3 Å². The monoisotopic (exact) mass is 249 g/mol. The van der Waals surface area contributed by atoms with E-state index in [0.29, 0.717) is 18.1 Å². The van der Waals surface area contributed by atoms with Crippen molar-refractivity contribution in [2.75, 3.05) is 6.54 Å². The molecule has 2 aromatic rings.